The van der Waals surface area contributed by atoms with Crippen LogP contribution >= 0.6 is 7.60 Å². The van der Waals surface area contributed by atoms with Gasteiger partial charge in [-0.25, -0.2) is 0 Å². The number of benzene rings is 1. The largest absolute Gasteiger partial charge is 0.481 e. The minimum atomic E-state index is -4.20. The lowest BCUT2D eigenvalue weighted by atomic mass is 9.85. The van der Waals surface area contributed by atoms with Crippen LogP contribution in [-0.4, -0.2) is 22.1 Å². The van der Waals surface area contributed by atoms with Gasteiger partial charge in [0.25, 0.3) is 0 Å². The molecule has 0 saturated heterocycles. The lowest BCUT2D eigenvalue weighted by molar-refractivity contribution is -0.134. The van der Waals surface area contributed by atoms with Gasteiger partial charge in [0.15, 0.2) is 0 Å². The summed E-state index contributed by atoms with van der Waals surface area (Å²) >= 11 is 0. The molecule has 0 aliphatic heterocycles. The topological polar surface area (TPSA) is 83.8 Å². The predicted molar refractivity (Wildman–Crippen MR) is 81.5 cm³/mol. The van der Waals surface area contributed by atoms with Gasteiger partial charge in [-0.1, -0.05) is 45.0 Å². The first-order chi connectivity index (χ1) is 9.80. The normalized spacial score (nSPS) is 14.7. The highest BCUT2D eigenvalue weighted by atomic mass is 31.2. The number of carboxylic acid groups (broad SMARTS) is 1. The third-order valence-electron chi connectivity index (χ3n) is 3.68. The zero-order chi connectivity index (χ0) is 16.1. The van der Waals surface area contributed by atoms with Crippen molar-refractivity contribution in [2.75, 3.05) is 6.16 Å². The van der Waals surface area contributed by atoms with Gasteiger partial charge in [-0.3, -0.25) is 13.9 Å². The van der Waals surface area contributed by atoms with E-state index in [9.17, 15) is 14.3 Å². The molecule has 1 aromatic carbocycles. The predicted octanol–water partition coefficient (Wildman–Crippen LogP) is 3.55. The minimum absolute atomic E-state index is 0.491. The zero-order valence-electron chi connectivity index (χ0n) is 12.7. The summed E-state index contributed by atoms with van der Waals surface area (Å²) in [5, 5.41) is 8.75. The van der Waals surface area contributed by atoms with Crippen molar-refractivity contribution in [2.24, 2.45) is 0 Å². The third kappa shape index (κ3) is 4.40. The van der Waals surface area contributed by atoms with E-state index in [2.05, 4.69) is 0 Å². The van der Waals surface area contributed by atoms with Crippen LogP contribution in [-0.2, 0) is 25.9 Å². The number of aryl methyl sites for hydroxylation is 1. The fourth-order valence-electron chi connectivity index (χ4n) is 2.56. The molecule has 2 N–H and O–H groups in total. The molecule has 5 nitrogen and oxygen atoms in total. The van der Waals surface area contributed by atoms with E-state index >= 15 is 0 Å². The van der Waals surface area contributed by atoms with Crippen LogP contribution in [0, 0.1) is 0 Å². The maximum Gasteiger partial charge on any atom is 0.340 e. The second kappa shape index (κ2) is 7.21. The smallest absolute Gasteiger partial charge is 0.340 e. The molecule has 0 aromatic heterocycles. The van der Waals surface area contributed by atoms with E-state index in [4.69, 9.17) is 9.63 Å². The Balaban J connectivity index is 3.26. The Morgan fingerprint density at radius 1 is 1.24 bits per heavy atom. The van der Waals surface area contributed by atoms with Crippen molar-refractivity contribution in [3.05, 3.63) is 35.4 Å². The highest BCUT2D eigenvalue weighted by molar-refractivity contribution is 7.53. The molecule has 0 heterocycles. The molecule has 6 heteroatoms. The second-order valence-corrected chi connectivity index (χ2v) is 6.77. The molecule has 0 aliphatic carbocycles. The molecule has 0 fully saturated rings. The maximum atomic E-state index is 12.1. The molecule has 0 amide bonds. The van der Waals surface area contributed by atoms with Gasteiger partial charge in [-0.05, 0) is 30.4 Å². The van der Waals surface area contributed by atoms with Crippen LogP contribution in [0.1, 0.15) is 44.7 Å². The van der Waals surface area contributed by atoms with E-state index in [1.165, 1.54) is 0 Å². The number of rotatable bonds is 8. The summed E-state index contributed by atoms with van der Waals surface area (Å²) in [6.45, 7) is 5.75. The van der Waals surface area contributed by atoms with Crippen molar-refractivity contribution in [2.45, 2.75) is 45.6 Å². The van der Waals surface area contributed by atoms with Crippen molar-refractivity contribution in [1.29, 1.82) is 0 Å². The number of carbonyl (C=O) groups is 1. The van der Waals surface area contributed by atoms with Gasteiger partial charge in [0.1, 0.15) is 11.8 Å². The summed E-state index contributed by atoms with van der Waals surface area (Å²) in [6, 6.07) is 7.61. The van der Waals surface area contributed by atoms with Gasteiger partial charge in [0, 0.05) is 0 Å². The van der Waals surface area contributed by atoms with Gasteiger partial charge in [0.2, 0.25) is 0 Å². The average molecular weight is 314 g/mol. The molecular weight excluding hydrogens is 291 g/mol. The Hall–Kier alpha value is -1.16. The molecule has 1 unspecified atom stereocenters. The van der Waals surface area contributed by atoms with Crippen LogP contribution in [0.4, 0.5) is 0 Å². The summed E-state index contributed by atoms with van der Waals surface area (Å²) in [5.41, 5.74) is 0.959. The Labute approximate surface area is 125 Å². The molecule has 1 rings (SSSR count). The molecule has 0 aliphatic rings. The summed E-state index contributed by atoms with van der Waals surface area (Å²) in [5.74, 6) is -1.34. The number of hydrogen-bond acceptors (Lipinski definition) is 3. The van der Waals surface area contributed by atoms with Crippen molar-refractivity contribution < 1.29 is 23.9 Å². The highest BCUT2D eigenvalue weighted by Gasteiger charge is 2.39. The zero-order valence-corrected chi connectivity index (χ0v) is 13.6. The van der Waals surface area contributed by atoms with Gasteiger partial charge < -0.3 is 10.00 Å². The van der Waals surface area contributed by atoms with Gasteiger partial charge in [0.05, 0.1) is 0 Å². The van der Waals surface area contributed by atoms with E-state index < -0.39 is 25.3 Å². The van der Waals surface area contributed by atoms with Crippen molar-refractivity contribution in [3.63, 3.8) is 0 Å². The van der Waals surface area contributed by atoms with E-state index in [1.54, 1.807) is 0 Å². The fraction of sp³-hybridized carbons (Fsp3) is 0.533. The van der Waals surface area contributed by atoms with Gasteiger partial charge in [-0.15, -0.1) is 0 Å². The Bertz CT molecular complexity index is 537. The molecular formula is C15H23O5P. The van der Waals surface area contributed by atoms with Crippen molar-refractivity contribution >= 4 is 13.6 Å². The lowest BCUT2D eigenvalue weighted by Gasteiger charge is -2.35. The summed E-state index contributed by atoms with van der Waals surface area (Å²) in [7, 11) is -4.20. The third-order valence-corrected chi connectivity index (χ3v) is 4.99. The molecule has 0 radical (unpaired) electrons. The van der Waals surface area contributed by atoms with Gasteiger partial charge in [-0.2, -0.15) is 0 Å². The molecule has 118 valence electrons. The van der Waals surface area contributed by atoms with E-state index in [1.807, 2.05) is 45.0 Å². The maximum absolute atomic E-state index is 12.1. The Morgan fingerprint density at radius 2 is 1.81 bits per heavy atom. The molecule has 0 spiro atoms. The van der Waals surface area contributed by atoms with Crippen LogP contribution in [0.5, 0.6) is 0 Å². The van der Waals surface area contributed by atoms with Crippen LogP contribution in [0.3, 0.4) is 0 Å². The Morgan fingerprint density at radius 3 is 2.29 bits per heavy atom. The highest BCUT2D eigenvalue weighted by Crippen LogP contribution is 2.52. The number of carboxylic acids is 1. The summed E-state index contributed by atoms with van der Waals surface area (Å²) in [6.07, 6.45) is 0.869. The summed E-state index contributed by atoms with van der Waals surface area (Å²) < 4.78 is 17.6. The SMILES string of the molecule is CCc1ccccc1C(CC)(CC)OP(=O)(O)CC(=O)O. The first-order valence-electron chi connectivity index (χ1n) is 7.13. The molecule has 0 bridgehead atoms. The standard InChI is InChI=1S/C15H23O5P/c1-4-12-9-7-8-10-13(12)15(5-2,6-3)20-21(18,19)11-14(16)17/h7-10H,4-6,11H2,1-3H3,(H,16,17)(H,18,19). The van der Waals surface area contributed by atoms with E-state index in [0.29, 0.717) is 12.8 Å². The van der Waals surface area contributed by atoms with Crippen molar-refractivity contribution in [3.8, 4) is 0 Å². The van der Waals surface area contributed by atoms with Crippen LogP contribution in [0.2, 0.25) is 0 Å². The van der Waals surface area contributed by atoms with E-state index in [-0.39, 0.29) is 0 Å². The average Bonchev–Trinajstić information content (AvgIpc) is 2.43. The molecule has 1 aromatic rings. The van der Waals surface area contributed by atoms with Crippen molar-refractivity contribution in [1.82, 2.24) is 0 Å². The minimum Gasteiger partial charge on any atom is -0.481 e. The van der Waals surface area contributed by atoms with Crippen LogP contribution < -0.4 is 0 Å². The van der Waals surface area contributed by atoms with Crippen LogP contribution in [0.25, 0.3) is 0 Å². The molecule has 0 saturated carbocycles. The first kappa shape index (κ1) is 17.9. The van der Waals surface area contributed by atoms with Gasteiger partial charge >= 0.3 is 13.6 Å². The van der Waals surface area contributed by atoms with E-state index in [0.717, 1.165) is 17.5 Å². The number of hydrogen-bond donors (Lipinski definition) is 2. The summed E-state index contributed by atoms with van der Waals surface area (Å²) in [4.78, 5) is 20.6. The monoisotopic (exact) mass is 314 g/mol. The lowest BCUT2D eigenvalue weighted by Crippen LogP contribution is -2.29. The first-order valence-corrected chi connectivity index (χ1v) is 8.89. The second-order valence-electron chi connectivity index (χ2n) is 4.99. The molecule has 21 heavy (non-hydrogen) atoms. The Kier molecular flexibility index (Phi) is 6.14. The quantitative estimate of drug-likeness (QED) is 0.717. The number of aliphatic carboxylic acids is 1. The molecule has 1 atom stereocenters. The van der Waals surface area contributed by atoms with Crippen LogP contribution in [0.15, 0.2) is 24.3 Å². The fourth-order valence-corrected chi connectivity index (χ4v) is 3.87.